The summed E-state index contributed by atoms with van der Waals surface area (Å²) < 4.78 is 40.1. The van der Waals surface area contributed by atoms with E-state index in [4.69, 9.17) is 5.11 Å². The normalized spacial score (nSPS) is 11.1. The summed E-state index contributed by atoms with van der Waals surface area (Å²) in [5.41, 5.74) is -0.480. The molecule has 110 valence electrons. The van der Waals surface area contributed by atoms with Crippen LogP contribution in [0.15, 0.2) is 46.0 Å². The second-order valence-electron chi connectivity index (χ2n) is 3.91. The summed E-state index contributed by atoms with van der Waals surface area (Å²) in [5, 5.41) is 8.90. The maximum atomic E-state index is 13.4. The van der Waals surface area contributed by atoms with Gasteiger partial charge >= 0.3 is 5.97 Å². The number of halogens is 2. The fraction of sp³-hybridized carbons (Fsp3) is 0. The molecule has 0 bridgehead atoms. The molecule has 1 aromatic carbocycles. The zero-order chi connectivity index (χ0) is 15.6. The predicted octanol–water partition coefficient (Wildman–Crippen LogP) is 2.48. The lowest BCUT2D eigenvalue weighted by molar-refractivity contribution is 0.0696. The van der Waals surface area contributed by atoms with Crippen LogP contribution in [0.5, 0.6) is 0 Å². The summed E-state index contributed by atoms with van der Waals surface area (Å²) in [5.74, 6) is -2.11. The second kappa shape index (κ2) is 5.78. The van der Waals surface area contributed by atoms with Gasteiger partial charge in [0.05, 0.1) is 17.4 Å². The molecular formula is C12H8BrFN2O4S. The molecule has 0 atom stereocenters. The number of aromatic nitrogens is 1. The van der Waals surface area contributed by atoms with Crippen LogP contribution in [-0.4, -0.2) is 24.5 Å². The number of hydrogen-bond donors (Lipinski definition) is 2. The molecule has 1 heterocycles. The highest BCUT2D eigenvalue weighted by molar-refractivity contribution is 9.10. The van der Waals surface area contributed by atoms with Gasteiger partial charge in [-0.05, 0) is 40.2 Å². The Labute approximate surface area is 127 Å². The minimum Gasteiger partial charge on any atom is -0.478 e. The molecule has 0 saturated carbocycles. The third-order valence-electron chi connectivity index (χ3n) is 2.48. The molecule has 0 aliphatic carbocycles. The fourth-order valence-corrected chi connectivity index (χ4v) is 3.56. The molecule has 0 fully saturated rings. The van der Waals surface area contributed by atoms with Crippen molar-refractivity contribution < 1.29 is 22.7 Å². The number of carboxylic acid groups (broad SMARTS) is 1. The molecule has 2 rings (SSSR count). The molecule has 1 aromatic heterocycles. The van der Waals surface area contributed by atoms with Gasteiger partial charge in [0, 0.05) is 10.7 Å². The number of pyridine rings is 1. The van der Waals surface area contributed by atoms with Crippen LogP contribution < -0.4 is 4.72 Å². The molecule has 2 N–H and O–H groups in total. The Kier molecular flexibility index (Phi) is 4.24. The Morgan fingerprint density at radius 2 is 2.05 bits per heavy atom. The number of rotatable bonds is 4. The van der Waals surface area contributed by atoms with Crippen molar-refractivity contribution in [3.8, 4) is 0 Å². The number of nitrogens with one attached hydrogen (secondary N) is 1. The topological polar surface area (TPSA) is 96.4 Å². The molecule has 6 nitrogen and oxygen atoms in total. The van der Waals surface area contributed by atoms with Gasteiger partial charge in [0.15, 0.2) is 5.82 Å². The largest absolute Gasteiger partial charge is 0.478 e. The summed E-state index contributed by atoms with van der Waals surface area (Å²) in [6.45, 7) is 0. The second-order valence-corrected chi connectivity index (χ2v) is 6.42. The van der Waals surface area contributed by atoms with E-state index in [0.29, 0.717) is 0 Å². The van der Waals surface area contributed by atoms with E-state index >= 15 is 0 Å². The zero-order valence-corrected chi connectivity index (χ0v) is 12.6. The van der Waals surface area contributed by atoms with Crippen LogP contribution >= 0.6 is 15.9 Å². The summed E-state index contributed by atoms with van der Waals surface area (Å²) in [6.07, 6.45) is 2.09. The summed E-state index contributed by atoms with van der Waals surface area (Å²) in [6, 6.07) is 4.68. The monoisotopic (exact) mass is 374 g/mol. The maximum Gasteiger partial charge on any atom is 0.335 e. The van der Waals surface area contributed by atoms with Crippen molar-refractivity contribution in [3.05, 3.63) is 52.5 Å². The van der Waals surface area contributed by atoms with Crippen LogP contribution in [0.25, 0.3) is 0 Å². The number of benzene rings is 1. The predicted molar refractivity (Wildman–Crippen MR) is 76.1 cm³/mol. The number of anilines is 1. The van der Waals surface area contributed by atoms with Crippen molar-refractivity contribution in [1.82, 2.24) is 4.98 Å². The van der Waals surface area contributed by atoms with Gasteiger partial charge in [-0.3, -0.25) is 9.71 Å². The minimum atomic E-state index is -4.15. The smallest absolute Gasteiger partial charge is 0.335 e. The number of aromatic carboxylic acids is 1. The molecule has 0 amide bonds. The van der Waals surface area contributed by atoms with Crippen molar-refractivity contribution in [2.75, 3.05) is 4.72 Å². The average Bonchev–Trinajstić information content (AvgIpc) is 2.41. The van der Waals surface area contributed by atoms with E-state index in [1.165, 1.54) is 18.3 Å². The van der Waals surface area contributed by atoms with Gasteiger partial charge in [0.1, 0.15) is 4.90 Å². The van der Waals surface area contributed by atoms with Crippen LogP contribution in [0.4, 0.5) is 10.1 Å². The highest BCUT2D eigenvalue weighted by Gasteiger charge is 2.21. The van der Waals surface area contributed by atoms with E-state index in [2.05, 4.69) is 20.9 Å². The Hall–Kier alpha value is -2.00. The lowest BCUT2D eigenvalue weighted by atomic mass is 10.2. The molecule has 0 unspecified atom stereocenters. The number of carbonyl (C=O) groups is 1. The standard InChI is InChI=1S/C12H8BrFN2O4S/c13-8-2-1-7(12(17)18)5-11(8)21(19,20)16-10-3-4-15-6-9(10)14/h1-6H,(H,15,16)(H,17,18). The summed E-state index contributed by atoms with van der Waals surface area (Å²) >= 11 is 3.03. The Bertz CT molecular complexity index is 811. The first-order valence-electron chi connectivity index (χ1n) is 5.46. The average molecular weight is 375 g/mol. The van der Waals surface area contributed by atoms with E-state index in [0.717, 1.165) is 18.3 Å². The number of nitrogens with zero attached hydrogens (tertiary/aromatic N) is 1. The van der Waals surface area contributed by atoms with Crippen LogP contribution in [0, 0.1) is 5.82 Å². The van der Waals surface area contributed by atoms with Crippen molar-refractivity contribution in [2.45, 2.75) is 4.90 Å². The Morgan fingerprint density at radius 3 is 2.67 bits per heavy atom. The van der Waals surface area contributed by atoms with Crippen LogP contribution in [-0.2, 0) is 10.0 Å². The van der Waals surface area contributed by atoms with E-state index in [9.17, 15) is 17.6 Å². The molecule has 2 aromatic rings. The molecule has 0 saturated heterocycles. The molecular weight excluding hydrogens is 367 g/mol. The number of sulfonamides is 1. The summed E-state index contributed by atoms with van der Waals surface area (Å²) in [4.78, 5) is 14.1. The molecule has 0 aliphatic rings. The molecule has 0 aliphatic heterocycles. The van der Waals surface area contributed by atoms with Crippen molar-refractivity contribution in [1.29, 1.82) is 0 Å². The fourth-order valence-electron chi connectivity index (χ4n) is 1.50. The van der Waals surface area contributed by atoms with Gasteiger partial charge in [-0.2, -0.15) is 0 Å². The van der Waals surface area contributed by atoms with Gasteiger partial charge in [-0.1, -0.05) is 0 Å². The first-order chi connectivity index (χ1) is 9.81. The van der Waals surface area contributed by atoms with E-state index in [1.54, 1.807) is 0 Å². The highest BCUT2D eigenvalue weighted by Crippen LogP contribution is 2.26. The lowest BCUT2D eigenvalue weighted by Crippen LogP contribution is -2.15. The highest BCUT2D eigenvalue weighted by atomic mass is 79.9. The first-order valence-corrected chi connectivity index (χ1v) is 7.74. The van der Waals surface area contributed by atoms with Crippen LogP contribution in [0.3, 0.4) is 0 Å². The van der Waals surface area contributed by atoms with E-state index in [-0.39, 0.29) is 20.6 Å². The van der Waals surface area contributed by atoms with E-state index < -0.39 is 21.8 Å². The molecule has 0 radical (unpaired) electrons. The third kappa shape index (κ3) is 3.37. The lowest BCUT2D eigenvalue weighted by Gasteiger charge is -2.10. The van der Waals surface area contributed by atoms with Crippen molar-refractivity contribution >= 4 is 37.6 Å². The van der Waals surface area contributed by atoms with Gasteiger partial charge < -0.3 is 5.11 Å². The van der Waals surface area contributed by atoms with Crippen LogP contribution in [0.1, 0.15) is 10.4 Å². The quantitative estimate of drug-likeness (QED) is 0.856. The van der Waals surface area contributed by atoms with Crippen molar-refractivity contribution in [2.24, 2.45) is 0 Å². The van der Waals surface area contributed by atoms with Gasteiger partial charge in [0.2, 0.25) is 0 Å². The molecule has 0 spiro atoms. The third-order valence-corrected chi connectivity index (χ3v) is 4.84. The number of hydrogen-bond acceptors (Lipinski definition) is 4. The van der Waals surface area contributed by atoms with Gasteiger partial charge in [0.25, 0.3) is 10.0 Å². The number of carboxylic acids is 1. The Balaban J connectivity index is 2.47. The minimum absolute atomic E-state index is 0.162. The SMILES string of the molecule is O=C(O)c1ccc(Br)c(S(=O)(=O)Nc2ccncc2F)c1. The zero-order valence-electron chi connectivity index (χ0n) is 10.2. The van der Waals surface area contributed by atoms with Gasteiger partial charge in [-0.25, -0.2) is 17.6 Å². The van der Waals surface area contributed by atoms with Gasteiger partial charge in [-0.15, -0.1) is 0 Å². The van der Waals surface area contributed by atoms with Crippen LogP contribution in [0.2, 0.25) is 0 Å². The first kappa shape index (κ1) is 15.4. The molecule has 21 heavy (non-hydrogen) atoms. The Morgan fingerprint density at radius 1 is 1.33 bits per heavy atom. The van der Waals surface area contributed by atoms with E-state index in [1.807, 2.05) is 4.72 Å². The summed E-state index contributed by atoms with van der Waals surface area (Å²) in [7, 11) is -4.15. The maximum absolute atomic E-state index is 13.4. The van der Waals surface area contributed by atoms with Crippen molar-refractivity contribution in [3.63, 3.8) is 0 Å². The molecule has 9 heteroatoms.